The van der Waals surface area contributed by atoms with Gasteiger partial charge in [0, 0.05) is 5.56 Å². The molecule has 0 amide bonds. The van der Waals surface area contributed by atoms with Gasteiger partial charge in [-0.1, -0.05) is 37.6 Å². The lowest BCUT2D eigenvalue weighted by molar-refractivity contribution is -0.140. The van der Waals surface area contributed by atoms with Gasteiger partial charge in [0.2, 0.25) is 11.6 Å². The van der Waals surface area contributed by atoms with Gasteiger partial charge in [-0.2, -0.15) is 8.78 Å². The van der Waals surface area contributed by atoms with E-state index >= 15 is 8.78 Å². The topological polar surface area (TPSA) is 35.5 Å². The minimum absolute atomic E-state index is 0.111. The fraction of sp³-hybridized carbons (Fsp3) is 0.417. The molecule has 1 saturated carbocycles. The van der Waals surface area contributed by atoms with Gasteiger partial charge in [0.25, 0.3) is 0 Å². The van der Waals surface area contributed by atoms with Gasteiger partial charge in [-0.15, -0.1) is 0 Å². The van der Waals surface area contributed by atoms with Crippen molar-refractivity contribution in [1.82, 2.24) is 0 Å². The van der Waals surface area contributed by atoms with Gasteiger partial charge in [-0.25, -0.2) is 17.6 Å². The molecule has 1 fully saturated rings. The summed E-state index contributed by atoms with van der Waals surface area (Å²) in [6, 6.07) is 8.68. The number of aryl methyl sites for hydroxylation is 1. The molecule has 3 aromatic rings. The van der Waals surface area contributed by atoms with Crippen LogP contribution in [0.15, 0.2) is 42.5 Å². The normalized spacial score (nSPS) is 20.1. The SMILES string of the molecule is CCCc1ccc(C2CCC(C(=O)Oc3ccc(C4CC=C(c5ccc(OCC)c(F)c5F)CC4)c(F)c3F)CC2)c(F)c1F. The minimum Gasteiger partial charge on any atom is -0.491 e. The summed E-state index contributed by atoms with van der Waals surface area (Å²) < 4.78 is 98.9. The highest BCUT2D eigenvalue weighted by atomic mass is 19.2. The largest absolute Gasteiger partial charge is 0.491 e. The van der Waals surface area contributed by atoms with Crippen LogP contribution in [0.25, 0.3) is 5.57 Å². The Morgan fingerprint density at radius 2 is 1.36 bits per heavy atom. The Bertz CT molecular complexity index is 1590. The number of rotatable bonds is 9. The van der Waals surface area contributed by atoms with E-state index in [0.29, 0.717) is 68.1 Å². The summed E-state index contributed by atoms with van der Waals surface area (Å²) in [4.78, 5) is 12.9. The van der Waals surface area contributed by atoms with Crippen LogP contribution in [-0.4, -0.2) is 12.6 Å². The highest BCUT2D eigenvalue weighted by Gasteiger charge is 2.32. The summed E-state index contributed by atoms with van der Waals surface area (Å²) in [5.41, 5.74) is 1.44. The van der Waals surface area contributed by atoms with Crippen molar-refractivity contribution in [2.45, 2.75) is 83.5 Å². The Kier molecular flexibility index (Phi) is 10.2. The first-order valence-corrected chi connectivity index (χ1v) is 15.6. The Morgan fingerprint density at radius 3 is 2.02 bits per heavy atom. The molecule has 3 aromatic carbocycles. The van der Waals surface area contributed by atoms with Crippen molar-refractivity contribution in [2.24, 2.45) is 5.92 Å². The monoisotopic (exact) mass is 630 g/mol. The number of ether oxygens (including phenoxy) is 2. The summed E-state index contributed by atoms with van der Waals surface area (Å²) in [5.74, 6) is -8.73. The molecule has 0 saturated heterocycles. The van der Waals surface area contributed by atoms with E-state index in [0.717, 1.165) is 0 Å². The Labute approximate surface area is 259 Å². The van der Waals surface area contributed by atoms with Gasteiger partial charge < -0.3 is 9.47 Å². The maximum atomic E-state index is 15.2. The summed E-state index contributed by atoms with van der Waals surface area (Å²) in [6.45, 7) is 3.76. The number of carbonyl (C=O) groups is 1. The average molecular weight is 631 g/mol. The predicted molar refractivity (Wildman–Crippen MR) is 159 cm³/mol. The quantitative estimate of drug-likeness (QED) is 0.134. The minimum atomic E-state index is -1.27. The zero-order valence-electron chi connectivity index (χ0n) is 25.3. The van der Waals surface area contributed by atoms with E-state index in [4.69, 9.17) is 9.47 Å². The molecule has 3 nitrogen and oxygen atoms in total. The van der Waals surface area contributed by atoms with Crippen LogP contribution < -0.4 is 9.47 Å². The van der Waals surface area contributed by atoms with Crippen LogP contribution in [-0.2, 0) is 11.2 Å². The average Bonchev–Trinajstić information content (AvgIpc) is 3.05. The molecule has 0 N–H and O–H groups in total. The lowest BCUT2D eigenvalue weighted by Gasteiger charge is -2.28. The van der Waals surface area contributed by atoms with Gasteiger partial charge in [-0.05, 0) is 111 Å². The van der Waals surface area contributed by atoms with E-state index < -0.39 is 58.5 Å². The zero-order valence-corrected chi connectivity index (χ0v) is 25.3. The van der Waals surface area contributed by atoms with Crippen LogP contribution in [0.5, 0.6) is 11.5 Å². The van der Waals surface area contributed by atoms with E-state index in [9.17, 15) is 22.4 Å². The van der Waals surface area contributed by atoms with Crippen molar-refractivity contribution in [3.63, 3.8) is 0 Å². The standard InChI is InChI=1S/C36H36F6O3/c1-3-5-23-14-15-25(31(38)30(23)37)22-10-12-24(13-11-22)36(43)45-29-19-17-27(33(40)35(29)42)21-8-6-20(7-9-21)26-16-18-28(44-4-2)34(41)32(26)39/h6,14-19,21-22,24H,3-5,7-13H2,1-2H3. The third-order valence-electron chi connectivity index (χ3n) is 9.04. The molecule has 0 bridgehead atoms. The summed E-state index contributed by atoms with van der Waals surface area (Å²) in [6.07, 6.45) is 5.41. The van der Waals surface area contributed by atoms with Crippen molar-refractivity contribution in [3.05, 3.63) is 99.6 Å². The molecule has 45 heavy (non-hydrogen) atoms. The van der Waals surface area contributed by atoms with Gasteiger partial charge in [-0.3, -0.25) is 4.79 Å². The molecule has 0 aromatic heterocycles. The number of hydrogen-bond acceptors (Lipinski definition) is 3. The van der Waals surface area contributed by atoms with Crippen molar-refractivity contribution < 1.29 is 40.6 Å². The van der Waals surface area contributed by atoms with E-state index in [1.165, 1.54) is 24.3 Å². The molecule has 0 spiro atoms. The van der Waals surface area contributed by atoms with Crippen molar-refractivity contribution >= 4 is 11.5 Å². The second kappa shape index (κ2) is 14.1. The summed E-state index contributed by atoms with van der Waals surface area (Å²) in [7, 11) is 0. The molecule has 2 aliphatic carbocycles. The molecule has 1 atom stereocenters. The van der Waals surface area contributed by atoms with E-state index in [-0.39, 0.29) is 35.8 Å². The van der Waals surface area contributed by atoms with Crippen LogP contribution >= 0.6 is 0 Å². The second-order valence-electron chi connectivity index (χ2n) is 11.8. The van der Waals surface area contributed by atoms with E-state index in [2.05, 4.69) is 0 Å². The molecule has 9 heteroatoms. The lowest BCUT2D eigenvalue weighted by atomic mass is 9.78. The predicted octanol–water partition coefficient (Wildman–Crippen LogP) is 10.1. The fourth-order valence-electron chi connectivity index (χ4n) is 6.56. The molecule has 5 rings (SSSR count). The van der Waals surface area contributed by atoms with E-state index in [1.54, 1.807) is 25.1 Å². The maximum Gasteiger partial charge on any atom is 0.314 e. The highest BCUT2D eigenvalue weighted by molar-refractivity contribution is 5.75. The molecule has 2 aliphatic rings. The first kappa shape index (κ1) is 32.6. The number of benzene rings is 3. The molecule has 0 aliphatic heterocycles. The molecular formula is C36H36F6O3. The summed E-state index contributed by atoms with van der Waals surface area (Å²) in [5, 5.41) is 0. The van der Waals surface area contributed by atoms with Gasteiger partial charge in [0.1, 0.15) is 0 Å². The first-order valence-electron chi connectivity index (χ1n) is 15.6. The van der Waals surface area contributed by atoms with E-state index in [1.807, 2.05) is 6.92 Å². The molecule has 0 heterocycles. The third kappa shape index (κ3) is 6.77. The smallest absolute Gasteiger partial charge is 0.314 e. The van der Waals surface area contributed by atoms with Crippen molar-refractivity contribution in [1.29, 1.82) is 0 Å². The number of esters is 1. The Morgan fingerprint density at radius 1 is 0.711 bits per heavy atom. The Hall–Kier alpha value is -3.75. The van der Waals surface area contributed by atoms with Crippen molar-refractivity contribution in [3.8, 4) is 11.5 Å². The van der Waals surface area contributed by atoms with Crippen LogP contribution in [0.4, 0.5) is 26.3 Å². The van der Waals surface area contributed by atoms with Crippen LogP contribution in [0, 0.1) is 40.8 Å². The molecule has 1 unspecified atom stereocenters. The molecule has 0 radical (unpaired) electrons. The summed E-state index contributed by atoms with van der Waals surface area (Å²) >= 11 is 0. The third-order valence-corrected chi connectivity index (χ3v) is 9.04. The maximum absolute atomic E-state index is 15.2. The van der Waals surface area contributed by atoms with Gasteiger partial charge in [0.05, 0.1) is 12.5 Å². The number of carbonyl (C=O) groups excluding carboxylic acids is 1. The van der Waals surface area contributed by atoms with Crippen molar-refractivity contribution in [2.75, 3.05) is 6.61 Å². The van der Waals surface area contributed by atoms with Crippen LogP contribution in [0.3, 0.4) is 0 Å². The first-order chi connectivity index (χ1) is 21.6. The van der Waals surface area contributed by atoms with Gasteiger partial charge in [0.15, 0.2) is 34.8 Å². The molecule has 240 valence electrons. The zero-order chi connectivity index (χ0) is 32.2. The van der Waals surface area contributed by atoms with Crippen LogP contribution in [0.2, 0.25) is 0 Å². The van der Waals surface area contributed by atoms with Gasteiger partial charge >= 0.3 is 5.97 Å². The van der Waals surface area contributed by atoms with Crippen LogP contribution in [0.1, 0.15) is 99.3 Å². The number of halogens is 6. The molecular weight excluding hydrogens is 594 g/mol. The number of hydrogen-bond donors (Lipinski definition) is 0. The Balaban J connectivity index is 1.20. The fourth-order valence-corrected chi connectivity index (χ4v) is 6.56. The second-order valence-corrected chi connectivity index (χ2v) is 11.8. The lowest BCUT2D eigenvalue weighted by Crippen LogP contribution is -2.26. The highest BCUT2D eigenvalue weighted by Crippen LogP contribution is 2.41. The number of allylic oxidation sites excluding steroid dienone is 2.